The zero-order chi connectivity index (χ0) is 12.3. The summed E-state index contributed by atoms with van der Waals surface area (Å²) >= 11 is 0. The molecule has 1 unspecified atom stereocenters. The van der Waals surface area contributed by atoms with Crippen molar-refractivity contribution >= 4 is 17.7 Å². The highest BCUT2D eigenvalue weighted by Crippen LogP contribution is 2.17. The number of esters is 1. The van der Waals surface area contributed by atoms with Crippen LogP contribution in [0.4, 0.5) is 0 Å². The van der Waals surface area contributed by atoms with E-state index >= 15 is 0 Å². The summed E-state index contributed by atoms with van der Waals surface area (Å²) in [6.07, 6.45) is 0. The molecule has 1 atom stereocenters. The van der Waals surface area contributed by atoms with Crippen LogP contribution in [-0.4, -0.2) is 42.3 Å². The molecule has 1 aliphatic heterocycles. The maximum atomic E-state index is 11.5. The van der Waals surface area contributed by atoms with Gasteiger partial charge in [-0.15, -0.1) is 0 Å². The quantitative estimate of drug-likeness (QED) is 0.392. The van der Waals surface area contributed by atoms with E-state index in [1.165, 1.54) is 4.90 Å². The van der Waals surface area contributed by atoms with Crippen LogP contribution >= 0.6 is 0 Å². The van der Waals surface area contributed by atoms with Crippen LogP contribution in [0.2, 0.25) is 0 Å². The van der Waals surface area contributed by atoms with E-state index < -0.39 is 23.6 Å². The van der Waals surface area contributed by atoms with E-state index in [2.05, 4.69) is 0 Å². The molecule has 0 radical (unpaired) electrons. The van der Waals surface area contributed by atoms with E-state index in [-0.39, 0.29) is 19.1 Å². The van der Waals surface area contributed by atoms with Crippen molar-refractivity contribution in [3.05, 3.63) is 0 Å². The van der Waals surface area contributed by atoms with Crippen LogP contribution in [0.25, 0.3) is 0 Å². The van der Waals surface area contributed by atoms with Crippen LogP contribution in [0.3, 0.4) is 0 Å². The van der Waals surface area contributed by atoms with Gasteiger partial charge >= 0.3 is 5.97 Å². The van der Waals surface area contributed by atoms with Crippen LogP contribution < -0.4 is 0 Å². The molecule has 1 rings (SSSR count). The number of hydrogen-bond donors (Lipinski definition) is 0. The largest absolute Gasteiger partial charge is 0.465 e. The topological polar surface area (TPSA) is 63.7 Å². The van der Waals surface area contributed by atoms with Gasteiger partial charge in [0.2, 0.25) is 5.78 Å². The molecule has 0 bridgehead atoms. The van der Waals surface area contributed by atoms with Gasteiger partial charge in [0.25, 0.3) is 5.91 Å². The van der Waals surface area contributed by atoms with Crippen molar-refractivity contribution < 1.29 is 19.1 Å². The maximum absolute atomic E-state index is 11.5. The molecule has 0 aromatic carbocycles. The van der Waals surface area contributed by atoms with Crippen LogP contribution in [0.5, 0.6) is 0 Å². The smallest absolute Gasteiger partial charge is 0.318 e. The number of ketones is 1. The maximum Gasteiger partial charge on any atom is 0.318 e. The van der Waals surface area contributed by atoms with Gasteiger partial charge in [-0.2, -0.15) is 0 Å². The van der Waals surface area contributed by atoms with Crippen LogP contribution in [-0.2, 0) is 19.1 Å². The average Bonchev–Trinajstić information content (AvgIpc) is 2.46. The molecule has 1 aliphatic rings. The summed E-state index contributed by atoms with van der Waals surface area (Å²) in [7, 11) is 0. The molecule has 1 heterocycles. The number of nitrogens with zero attached hydrogens (tertiary/aromatic N) is 1. The summed E-state index contributed by atoms with van der Waals surface area (Å²) in [4.78, 5) is 35.9. The summed E-state index contributed by atoms with van der Waals surface area (Å²) in [6.45, 7) is 6.46. The number of rotatable bonds is 4. The number of ether oxygens (including phenoxy) is 1. The Labute approximate surface area is 94.7 Å². The highest BCUT2D eigenvalue weighted by Gasteiger charge is 2.43. The van der Waals surface area contributed by atoms with Gasteiger partial charge in [-0.25, -0.2) is 0 Å². The van der Waals surface area contributed by atoms with Gasteiger partial charge in [0.15, 0.2) is 0 Å². The van der Waals surface area contributed by atoms with Crippen molar-refractivity contribution in [3.63, 3.8) is 0 Å². The van der Waals surface area contributed by atoms with E-state index in [4.69, 9.17) is 4.74 Å². The fourth-order valence-electron chi connectivity index (χ4n) is 1.71. The average molecular weight is 227 g/mol. The third-order valence-electron chi connectivity index (χ3n) is 2.37. The summed E-state index contributed by atoms with van der Waals surface area (Å²) in [5, 5.41) is 0. The molecule has 1 fully saturated rings. The van der Waals surface area contributed by atoms with Crippen molar-refractivity contribution in [2.45, 2.75) is 20.8 Å². The molecule has 0 saturated carbocycles. The second-order valence-corrected chi connectivity index (χ2v) is 4.27. The SMILES string of the molecule is CCOC(=O)C1CN(CC(C)C)C(=O)C1=O. The molecule has 5 nitrogen and oxygen atoms in total. The molecule has 0 aromatic heterocycles. The third kappa shape index (κ3) is 2.59. The highest BCUT2D eigenvalue weighted by atomic mass is 16.5. The number of Topliss-reactive ketones (excluding diaryl/α,β-unsaturated/α-hetero) is 1. The van der Waals surface area contributed by atoms with Gasteiger partial charge < -0.3 is 9.64 Å². The molecule has 0 aromatic rings. The third-order valence-corrected chi connectivity index (χ3v) is 2.37. The minimum Gasteiger partial charge on any atom is -0.465 e. The number of amides is 1. The van der Waals surface area contributed by atoms with Gasteiger partial charge in [-0.1, -0.05) is 13.8 Å². The Morgan fingerprint density at radius 1 is 1.50 bits per heavy atom. The second kappa shape index (κ2) is 5.09. The molecule has 16 heavy (non-hydrogen) atoms. The first-order valence-corrected chi connectivity index (χ1v) is 5.47. The Kier molecular flexibility index (Phi) is 4.04. The highest BCUT2D eigenvalue weighted by molar-refractivity contribution is 6.42. The molecule has 90 valence electrons. The summed E-state index contributed by atoms with van der Waals surface area (Å²) < 4.78 is 4.76. The molecular weight excluding hydrogens is 210 g/mol. The number of carbonyl (C=O) groups is 3. The van der Waals surface area contributed by atoms with Crippen molar-refractivity contribution in [2.75, 3.05) is 19.7 Å². The van der Waals surface area contributed by atoms with Gasteiger partial charge in [-0.3, -0.25) is 14.4 Å². The first-order chi connectivity index (χ1) is 7.47. The lowest BCUT2D eigenvalue weighted by Gasteiger charge is -2.17. The second-order valence-electron chi connectivity index (χ2n) is 4.27. The van der Waals surface area contributed by atoms with E-state index in [1.807, 2.05) is 13.8 Å². The van der Waals surface area contributed by atoms with Crippen molar-refractivity contribution in [2.24, 2.45) is 11.8 Å². The summed E-state index contributed by atoms with van der Waals surface area (Å²) in [5.74, 6) is -2.44. The van der Waals surface area contributed by atoms with Gasteiger partial charge in [-0.05, 0) is 12.8 Å². The lowest BCUT2D eigenvalue weighted by molar-refractivity contribution is -0.151. The standard InChI is InChI=1S/C11H17NO4/c1-4-16-11(15)8-6-12(5-7(2)3)10(14)9(8)13/h7-8H,4-6H2,1-3H3. The Bertz CT molecular complexity index is 311. The molecule has 1 amide bonds. The van der Waals surface area contributed by atoms with Crippen molar-refractivity contribution in [1.82, 2.24) is 4.90 Å². The van der Waals surface area contributed by atoms with Crippen LogP contribution in [0.15, 0.2) is 0 Å². The van der Waals surface area contributed by atoms with Crippen molar-refractivity contribution in [3.8, 4) is 0 Å². The first-order valence-electron chi connectivity index (χ1n) is 5.47. The first kappa shape index (κ1) is 12.7. The minimum atomic E-state index is -0.925. The lowest BCUT2D eigenvalue weighted by atomic mass is 10.1. The van der Waals surface area contributed by atoms with Gasteiger partial charge in [0.05, 0.1) is 6.61 Å². The van der Waals surface area contributed by atoms with Crippen LogP contribution in [0, 0.1) is 11.8 Å². The Morgan fingerprint density at radius 2 is 2.12 bits per heavy atom. The molecule has 0 aliphatic carbocycles. The summed E-state index contributed by atoms with van der Waals surface area (Å²) in [5.41, 5.74) is 0. The Hall–Kier alpha value is -1.39. The number of hydrogen-bond acceptors (Lipinski definition) is 4. The zero-order valence-electron chi connectivity index (χ0n) is 9.86. The van der Waals surface area contributed by atoms with Crippen molar-refractivity contribution in [1.29, 1.82) is 0 Å². The van der Waals surface area contributed by atoms with Crippen LogP contribution in [0.1, 0.15) is 20.8 Å². The Balaban J connectivity index is 2.68. The fourth-order valence-corrected chi connectivity index (χ4v) is 1.71. The van der Waals surface area contributed by atoms with E-state index in [0.717, 1.165) is 0 Å². The minimum absolute atomic E-state index is 0.161. The molecule has 0 spiro atoms. The molecule has 5 heteroatoms. The van der Waals surface area contributed by atoms with E-state index in [0.29, 0.717) is 6.54 Å². The normalized spacial score (nSPS) is 20.8. The monoisotopic (exact) mass is 227 g/mol. The van der Waals surface area contributed by atoms with E-state index in [9.17, 15) is 14.4 Å². The fraction of sp³-hybridized carbons (Fsp3) is 0.727. The number of carbonyl (C=O) groups excluding carboxylic acids is 3. The Morgan fingerprint density at radius 3 is 2.62 bits per heavy atom. The summed E-state index contributed by atoms with van der Waals surface area (Å²) in [6, 6.07) is 0. The predicted octanol–water partition coefficient (Wildman–Crippen LogP) is 0.233. The van der Waals surface area contributed by atoms with E-state index in [1.54, 1.807) is 6.92 Å². The molecular formula is C11H17NO4. The molecule has 0 N–H and O–H groups in total. The van der Waals surface area contributed by atoms with Gasteiger partial charge in [0.1, 0.15) is 5.92 Å². The van der Waals surface area contributed by atoms with Gasteiger partial charge in [0, 0.05) is 13.1 Å². The zero-order valence-corrected chi connectivity index (χ0v) is 9.86. The molecule has 1 saturated heterocycles. The lowest BCUT2D eigenvalue weighted by Crippen LogP contribution is -2.30. The number of likely N-dealkylation sites (tertiary alicyclic amines) is 1. The predicted molar refractivity (Wildman–Crippen MR) is 56.5 cm³/mol.